The molecule has 0 aliphatic heterocycles. The number of carbonyl (C=O) groups excluding carboxylic acids is 1. The Bertz CT molecular complexity index is 596. The van der Waals surface area contributed by atoms with Crippen LogP contribution in [0.5, 0.6) is 5.75 Å². The summed E-state index contributed by atoms with van der Waals surface area (Å²) in [6.07, 6.45) is 0. The van der Waals surface area contributed by atoms with Crippen LogP contribution in [0.3, 0.4) is 0 Å². The van der Waals surface area contributed by atoms with Crippen LogP contribution in [0.1, 0.15) is 6.92 Å². The molecule has 0 saturated carbocycles. The molecule has 19 heavy (non-hydrogen) atoms. The van der Waals surface area contributed by atoms with E-state index in [1.807, 2.05) is 12.1 Å². The van der Waals surface area contributed by atoms with Crippen LogP contribution in [0.15, 0.2) is 47.4 Å². The van der Waals surface area contributed by atoms with Crippen molar-refractivity contribution in [2.45, 2.75) is 11.8 Å². The largest absolute Gasteiger partial charge is 0.508 e. The fourth-order valence-corrected chi connectivity index (χ4v) is 2.27. The van der Waals surface area contributed by atoms with Gasteiger partial charge in [0.15, 0.2) is 0 Å². The van der Waals surface area contributed by atoms with Crippen molar-refractivity contribution in [3.8, 4) is 16.9 Å². The lowest BCUT2D eigenvalue weighted by atomic mass is 10.1. The highest BCUT2D eigenvalue weighted by molar-refractivity contribution is 7.95. The predicted molar refractivity (Wildman–Crippen MR) is 76.2 cm³/mol. The minimum atomic E-state index is -0.375. The van der Waals surface area contributed by atoms with Crippen molar-refractivity contribution < 1.29 is 14.1 Å². The number of carbonyl (C=O) groups is 1. The van der Waals surface area contributed by atoms with E-state index in [1.54, 1.807) is 30.3 Å². The van der Waals surface area contributed by atoms with E-state index < -0.39 is 0 Å². The Morgan fingerprint density at radius 2 is 1.89 bits per heavy atom. The Morgan fingerprint density at radius 1 is 1.21 bits per heavy atom. The van der Waals surface area contributed by atoms with E-state index in [9.17, 15) is 9.90 Å². The molecule has 0 spiro atoms. The Morgan fingerprint density at radius 3 is 2.53 bits per heavy atom. The van der Waals surface area contributed by atoms with Crippen LogP contribution in [0.4, 0.5) is 0 Å². The van der Waals surface area contributed by atoms with Crippen molar-refractivity contribution in [2.75, 3.05) is 0 Å². The molecule has 0 aliphatic rings. The van der Waals surface area contributed by atoms with Crippen LogP contribution in [0.2, 0.25) is 5.02 Å². The zero-order valence-electron chi connectivity index (χ0n) is 10.1. The van der Waals surface area contributed by atoms with Crippen LogP contribution in [0, 0.1) is 0 Å². The highest BCUT2D eigenvalue weighted by Gasteiger charge is 2.09. The van der Waals surface area contributed by atoms with Gasteiger partial charge in [-0.25, -0.2) is 0 Å². The van der Waals surface area contributed by atoms with Crippen LogP contribution < -0.4 is 0 Å². The smallest absolute Gasteiger partial charge is 0.315 e. The second-order valence-corrected chi connectivity index (χ2v) is 5.06. The number of hydrogen-bond acceptors (Lipinski definition) is 4. The molecule has 2 aromatic carbocycles. The first-order valence-corrected chi connectivity index (χ1v) is 6.62. The summed E-state index contributed by atoms with van der Waals surface area (Å²) in [6, 6.07) is 12.1. The molecule has 0 atom stereocenters. The van der Waals surface area contributed by atoms with Crippen LogP contribution in [0.25, 0.3) is 11.1 Å². The molecule has 0 fully saturated rings. The van der Waals surface area contributed by atoms with Crippen LogP contribution >= 0.6 is 23.6 Å². The Hall–Kier alpha value is -1.65. The monoisotopic (exact) mass is 294 g/mol. The molecule has 1 N–H and O–H groups in total. The van der Waals surface area contributed by atoms with Crippen molar-refractivity contribution in [3.63, 3.8) is 0 Å². The van der Waals surface area contributed by atoms with Gasteiger partial charge in [0, 0.05) is 17.5 Å². The summed E-state index contributed by atoms with van der Waals surface area (Å²) in [7, 11) is 0. The lowest BCUT2D eigenvalue weighted by Crippen LogP contribution is -1.90. The van der Waals surface area contributed by atoms with Gasteiger partial charge in [-0.15, -0.1) is 0 Å². The van der Waals surface area contributed by atoms with Crippen molar-refractivity contribution >= 4 is 29.6 Å². The maximum absolute atomic E-state index is 10.9. The third-order valence-electron chi connectivity index (χ3n) is 2.37. The van der Waals surface area contributed by atoms with Crippen molar-refractivity contribution in [3.05, 3.63) is 47.5 Å². The molecule has 5 heteroatoms. The third-order valence-corrected chi connectivity index (χ3v) is 3.47. The molecular formula is C14H11ClO3S. The van der Waals surface area contributed by atoms with Gasteiger partial charge in [0.2, 0.25) is 0 Å². The van der Waals surface area contributed by atoms with Gasteiger partial charge >= 0.3 is 5.97 Å². The highest BCUT2D eigenvalue weighted by atomic mass is 35.5. The van der Waals surface area contributed by atoms with E-state index >= 15 is 0 Å². The summed E-state index contributed by atoms with van der Waals surface area (Å²) >= 11 is 6.82. The molecule has 0 amide bonds. The molecular weight excluding hydrogens is 284 g/mol. The Labute approximate surface area is 120 Å². The van der Waals surface area contributed by atoms with Gasteiger partial charge in [-0.3, -0.25) is 4.79 Å². The summed E-state index contributed by atoms with van der Waals surface area (Å²) in [5.74, 6) is -0.225. The second kappa shape index (κ2) is 5.99. The van der Waals surface area contributed by atoms with Crippen molar-refractivity contribution in [1.82, 2.24) is 0 Å². The van der Waals surface area contributed by atoms with Gasteiger partial charge in [-0.05, 0) is 35.9 Å². The summed E-state index contributed by atoms with van der Waals surface area (Å²) < 4.78 is 4.92. The molecule has 2 rings (SSSR count). The Balaban J connectivity index is 2.39. The summed E-state index contributed by atoms with van der Waals surface area (Å²) in [5.41, 5.74) is 1.66. The third kappa shape index (κ3) is 3.66. The maximum Gasteiger partial charge on any atom is 0.315 e. The van der Waals surface area contributed by atoms with Gasteiger partial charge in [-0.2, -0.15) is 0 Å². The fourth-order valence-electron chi connectivity index (χ4n) is 1.55. The van der Waals surface area contributed by atoms with Crippen molar-refractivity contribution in [2.24, 2.45) is 0 Å². The number of halogens is 1. The van der Waals surface area contributed by atoms with Gasteiger partial charge < -0.3 is 9.29 Å². The molecule has 2 aromatic rings. The minimum absolute atomic E-state index is 0.150. The molecule has 0 saturated heterocycles. The van der Waals surface area contributed by atoms with E-state index in [1.165, 1.54) is 6.92 Å². The van der Waals surface area contributed by atoms with Gasteiger partial charge in [0.1, 0.15) is 5.75 Å². The zero-order chi connectivity index (χ0) is 13.8. The maximum atomic E-state index is 10.9. The first kappa shape index (κ1) is 13.8. The number of hydrogen-bond donors (Lipinski definition) is 1. The number of phenolic OH excluding ortho intramolecular Hbond substituents is 1. The average Bonchev–Trinajstić information content (AvgIpc) is 2.38. The second-order valence-electron chi connectivity index (χ2n) is 3.85. The normalized spacial score (nSPS) is 10.2. The Kier molecular flexibility index (Phi) is 4.35. The summed E-state index contributed by atoms with van der Waals surface area (Å²) in [6.45, 7) is 1.34. The first-order valence-electron chi connectivity index (χ1n) is 5.50. The van der Waals surface area contributed by atoms with Crippen LogP contribution in [-0.2, 0) is 8.98 Å². The standard InChI is InChI=1S/C14H11ClO3S/c1-9(16)18-19-14-7-6-12(17)8-13(14)10-2-4-11(15)5-3-10/h2-8,17H,1H3. The zero-order valence-corrected chi connectivity index (χ0v) is 11.7. The van der Waals surface area contributed by atoms with Gasteiger partial charge in [0.05, 0.1) is 16.9 Å². The molecule has 0 bridgehead atoms. The highest BCUT2D eigenvalue weighted by Crippen LogP contribution is 2.35. The van der Waals surface area contributed by atoms with E-state index in [-0.39, 0.29) is 11.7 Å². The SMILES string of the molecule is CC(=O)OSc1ccc(O)cc1-c1ccc(Cl)cc1. The molecule has 98 valence electrons. The minimum Gasteiger partial charge on any atom is -0.508 e. The summed E-state index contributed by atoms with van der Waals surface area (Å²) in [4.78, 5) is 11.6. The lowest BCUT2D eigenvalue weighted by Gasteiger charge is -2.09. The molecule has 0 unspecified atom stereocenters. The van der Waals surface area contributed by atoms with E-state index in [2.05, 4.69) is 0 Å². The molecule has 0 radical (unpaired) electrons. The average molecular weight is 295 g/mol. The number of benzene rings is 2. The van der Waals surface area contributed by atoms with E-state index in [4.69, 9.17) is 15.8 Å². The summed E-state index contributed by atoms with van der Waals surface area (Å²) in [5, 5.41) is 10.2. The van der Waals surface area contributed by atoms with Crippen LogP contribution in [-0.4, -0.2) is 11.1 Å². The van der Waals surface area contributed by atoms with Gasteiger partial charge in [-0.1, -0.05) is 23.7 Å². The van der Waals surface area contributed by atoms with E-state index in [0.29, 0.717) is 5.02 Å². The predicted octanol–water partition coefficient (Wildman–Crippen LogP) is 4.28. The quantitative estimate of drug-likeness (QED) is 0.858. The fraction of sp³-hybridized carbons (Fsp3) is 0.0714. The molecule has 3 nitrogen and oxygen atoms in total. The van der Waals surface area contributed by atoms with Crippen molar-refractivity contribution in [1.29, 1.82) is 0 Å². The lowest BCUT2D eigenvalue weighted by molar-refractivity contribution is -0.130. The number of aromatic hydroxyl groups is 1. The molecule has 0 aromatic heterocycles. The molecule has 0 aliphatic carbocycles. The van der Waals surface area contributed by atoms with E-state index in [0.717, 1.165) is 28.1 Å². The van der Waals surface area contributed by atoms with Gasteiger partial charge in [0.25, 0.3) is 0 Å². The molecule has 0 heterocycles. The number of phenols is 1. The first-order chi connectivity index (χ1) is 9.06. The topological polar surface area (TPSA) is 46.5 Å². The number of rotatable bonds is 3.